The number of hydrogen-bond acceptors (Lipinski definition) is 6. The van der Waals surface area contributed by atoms with E-state index in [0.29, 0.717) is 19.6 Å². The molecule has 0 aliphatic carbocycles. The molecule has 0 unspecified atom stereocenters. The minimum absolute atomic E-state index is 0.661. The number of nitrogens with two attached hydrogens (primary N) is 6. The molecule has 0 aliphatic heterocycles. The van der Waals surface area contributed by atoms with Crippen molar-refractivity contribution in [2.45, 2.75) is 19.3 Å². The number of benzene rings is 3. The predicted octanol–water partition coefficient (Wildman–Crippen LogP) is 2.31. The fourth-order valence-corrected chi connectivity index (χ4v) is 2.68. The van der Waals surface area contributed by atoms with Gasteiger partial charge in [-0.05, 0) is 85.9 Å². The minimum atomic E-state index is 0.661. The van der Waals surface area contributed by atoms with Gasteiger partial charge in [-0.1, -0.05) is 42.5 Å². The first-order valence-electron chi connectivity index (χ1n) is 10.1. The van der Waals surface area contributed by atoms with E-state index in [2.05, 4.69) is 0 Å². The van der Waals surface area contributed by atoms with Crippen LogP contribution in [0.5, 0.6) is 0 Å². The van der Waals surface area contributed by atoms with E-state index in [1.165, 1.54) is 11.1 Å². The first kappa shape index (κ1) is 25.0. The van der Waals surface area contributed by atoms with Crippen molar-refractivity contribution < 1.29 is 0 Å². The first-order chi connectivity index (χ1) is 14.5. The highest BCUT2D eigenvalue weighted by atomic mass is 14.6. The van der Waals surface area contributed by atoms with Crippen LogP contribution in [0.4, 0.5) is 17.1 Å². The van der Waals surface area contributed by atoms with Crippen LogP contribution >= 0.6 is 0 Å². The highest BCUT2D eigenvalue weighted by molar-refractivity contribution is 5.46. The van der Waals surface area contributed by atoms with E-state index in [9.17, 15) is 0 Å². The van der Waals surface area contributed by atoms with E-state index >= 15 is 0 Å². The van der Waals surface area contributed by atoms with Crippen LogP contribution < -0.4 is 34.4 Å². The molecule has 30 heavy (non-hydrogen) atoms. The van der Waals surface area contributed by atoms with Crippen molar-refractivity contribution in [2.24, 2.45) is 17.2 Å². The fourth-order valence-electron chi connectivity index (χ4n) is 2.68. The molecule has 3 rings (SSSR count). The average Bonchev–Trinajstić information content (AvgIpc) is 2.73. The summed E-state index contributed by atoms with van der Waals surface area (Å²) in [6.07, 6.45) is 2.71. The van der Waals surface area contributed by atoms with Gasteiger partial charge in [-0.3, -0.25) is 0 Å². The van der Waals surface area contributed by atoms with Crippen LogP contribution in [0, 0.1) is 0 Å². The molecule has 0 fully saturated rings. The minimum Gasteiger partial charge on any atom is -0.399 e. The first-order valence-corrected chi connectivity index (χ1v) is 10.1. The largest absolute Gasteiger partial charge is 0.399 e. The van der Waals surface area contributed by atoms with Gasteiger partial charge in [-0.15, -0.1) is 0 Å². The lowest BCUT2D eigenvalue weighted by molar-refractivity contribution is 0.969. The summed E-state index contributed by atoms with van der Waals surface area (Å²) in [6, 6.07) is 23.4. The average molecular weight is 409 g/mol. The highest BCUT2D eigenvalue weighted by Crippen LogP contribution is 2.09. The van der Waals surface area contributed by atoms with Gasteiger partial charge in [0, 0.05) is 17.1 Å². The van der Waals surface area contributed by atoms with Crippen molar-refractivity contribution in [2.75, 3.05) is 36.8 Å². The molecule has 12 N–H and O–H groups in total. The van der Waals surface area contributed by atoms with Gasteiger partial charge < -0.3 is 34.4 Å². The molecule has 0 saturated carbocycles. The van der Waals surface area contributed by atoms with Crippen molar-refractivity contribution in [3.8, 4) is 0 Å². The van der Waals surface area contributed by atoms with E-state index in [4.69, 9.17) is 34.4 Å². The van der Waals surface area contributed by atoms with E-state index in [0.717, 1.165) is 41.9 Å². The standard InChI is InChI=1S/3C8H12N2/c9-6-5-7-1-3-8(10)4-2-7;9-5-4-7-2-1-3-8(10)6-7;9-6-5-7-3-1-2-4-8(7)10/h1-4H,5-6,9-10H2;1-3,6H,4-5,9-10H2;1-4H,5-6,9-10H2. The number of rotatable bonds is 6. The molecule has 6 nitrogen and oxygen atoms in total. The van der Waals surface area contributed by atoms with Crippen molar-refractivity contribution in [1.82, 2.24) is 0 Å². The lowest BCUT2D eigenvalue weighted by Crippen LogP contribution is -2.04. The smallest absolute Gasteiger partial charge is 0.0347 e. The molecule has 162 valence electrons. The Bertz CT molecular complexity index is 833. The Labute approximate surface area is 180 Å². The molecule has 0 spiro atoms. The van der Waals surface area contributed by atoms with Crippen LogP contribution in [0.1, 0.15) is 16.7 Å². The van der Waals surface area contributed by atoms with Gasteiger partial charge in [0.05, 0.1) is 0 Å². The summed E-state index contributed by atoms with van der Waals surface area (Å²) in [6.45, 7) is 2.04. The zero-order valence-corrected chi connectivity index (χ0v) is 17.6. The Kier molecular flexibility index (Phi) is 12.4. The van der Waals surface area contributed by atoms with Crippen LogP contribution in [0.15, 0.2) is 72.8 Å². The van der Waals surface area contributed by atoms with Crippen LogP contribution in [0.25, 0.3) is 0 Å². The number of para-hydroxylation sites is 1. The Morgan fingerprint density at radius 2 is 1.10 bits per heavy atom. The molecule has 0 aliphatic rings. The van der Waals surface area contributed by atoms with Gasteiger partial charge >= 0.3 is 0 Å². The highest BCUT2D eigenvalue weighted by Gasteiger charge is 1.93. The third-order valence-corrected chi connectivity index (χ3v) is 4.27. The van der Waals surface area contributed by atoms with Crippen LogP contribution in [0.2, 0.25) is 0 Å². The molecule has 3 aromatic rings. The molecule has 6 heteroatoms. The summed E-state index contributed by atoms with van der Waals surface area (Å²) in [5.41, 5.74) is 38.9. The topological polar surface area (TPSA) is 156 Å². The summed E-state index contributed by atoms with van der Waals surface area (Å²) >= 11 is 0. The monoisotopic (exact) mass is 408 g/mol. The summed E-state index contributed by atoms with van der Waals surface area (Å²) in [4.78, 5) is 0. The van der Waals surface area contributed by atoms with E-state index in [1.54, 1.807) is 0 Å². The molecule has 0 saturated heterocycles. The molecular weight excluding hydrogens is 372 g/mol. The summed E-state index contributed by atoms with van der Waals surface area (Å²) < 4.78 is 0. The summed E-state index contributed by atoms with van der Waals surface area (Å²) in [7, 11) is 0. The Balaban J connectivity index is 0.000000225. The van der Waals surface area contributed by atoms with Crippen molar-refractivity contribution in [3.05, 3.63) is 89.5 Å². The van der Waals surface area contributed by atoms with Crippen LogP contribution in [-0.4, -0.2) is 19.6 Å². The van der Waals surface area contributed by atoms with Gasteiger partial charge in [0.2, 0.25) is 0 Å². The van der Waals surface area contributed by atoms with Crippen LogP contribution in [0.3, 0.4) is 0 Å². The van der Waals surface area contributed by atoms with Crippen molar-refractivity contribution >= 4 is 17.1 Å². The fraction of sp³-hybridized carbons (Fsp3) is 0.250. The van der Waals surface area contributed by atoms with Gasteiger partial charge in [-0.25, -0.2) is 0 Å². The van der Waals surface area contributed by atoms with Crippen molar-refractivity contribution in [3.63, 3.8) is 0 Å². The number of nitrogen functional groups attached to an aromatic ring is 3. The molecule has 3 aromatic carbocycles. The molecular formula is C24H36N6. The number of anilines is 3. The van der Waals surface area contributed by atoms with Gasteiger partial charge in [0.1, 0.15) is 0 Å². The van der Waals surface area contributed by atoms with E-state index in [-0.39, 0.29) is 0 Å². The van der Waals surface area contributed by atoms with Crippen molar-refractivity contribution in [1.29, 1.82) is 0 Å². The molecule has 0 bridgehead atoms. The molecule has 0 amide bonds. The summed E-state index contributed by atoms with van der Waals surface area (Å²) in [5.74, 6) is 0. The molecule has 0 atom stereocenters. The second kappa shape index (κ2) is 14.9. The van der Waals surface area contributed by atoms with E-state index < -0.39 is 0 Å². The predicted molar refractivity (Wildman–Crippen MR) is 131 cm³/mol. The van der Waals surface area contributed by atoms with Crippen LogP contribution in [-0.2, 0) is 19.3 Å². The lowest BCUT2D eigenvalue weighted by atomic mass is 10.1. The maximum atomic E-state index is 5.65. The SMILES string of the molecule is NCCc1ccc(N)cc1.NCCc1cccc(N)c1.NCCc1ccccc1N. The maximum absolute atomic E-state index is 5.65. The molecule has 0 radical (unpaired) electrons. The Morgan fingerprint density at radius 3 is 1.67 bits per heavy atom. The number of hydrogen-bond donors (Lipinski definition) is 6. The van der Waals surface area contributed by atoms with Gasteiger partial charge in [-0.2, -0.15) is 0 Å². The normalized spacial score (nSPS) is 9.70. The molecule has 0 heterocycles. The summed E-state index contributed by atoms with van der Waals surface area (Å²) in [5, 5.41) is 0. The quantitative estimate of drug-likeness (QED) is 0.344. The lowest BCUT2D eigenvalue weighted by Gasteiger charge is -2.01. The van der Waals surface area contributed by atoms with Gasteiger partial charge in [0.25, 0.3) is 0 Å². The van der Waals surface area contributed by atoms with Gasteiger partial charge in [0.15, 0.2) is 0 Å². The Hall–Kier alpha value is -3.06. The maximum Gasteiger partial charge on any atom is 0.0347 e. The zero-order chi connectivity index (χ0) is 22.2. The van der Waals surface area contributed by atoms with E-state index in [1.807, 2.05) is 72.8 Å². The second-order valence-corrected chi connectivity index (χ2v) is 6.80. The third-order valence-electron chi connectivity index (χ3n) is 4.27. The Morgan fingerprint density at radius 1 is 0.500 bits per heavy atom. The third kappa shape index (κ3) is 10.5. The second-order valence-electron chi connectivity index (χ2n) is 6.80. The zero-order valence-electron chi connectivity index (χ0n) is 17.6. The molecule has 0 aromatic heterocycles.